The summed E-state index contributed by atoms with van der Waals surface area (Å²) in [5.41, 5.74) is 0.213. The summed E-state index contributed by atoms with van der Waals surface area (Å²) in [4.78, 5) is 85.1. The van der Waals surface area contributed by atoms with Gasteiger partial charge in [0.05, 0.1) is 0 Å². The van der Waals surface area contributed by atoms with Crippen LogP contribution in [0.4, 0.5) is 30.0 Å². The van der Waals surface area contributed by atoms with Crippen molar-refractivity contribution in [2.75, 3.05) is 50.2 Å². The van der Waals surface area contributed by atoms with Crippen LogP contribution in [0, 0.1) is 13.8 Å². The standard InChI is InChI=1S/2C22H24FN5O3/c2*1-14-2-7-18(24-12-14)25-17-8-10-28(11-9-17)19(29)15-3-5-16(6-4-15)22(13-23)20(30)26-21(31)27-22/h2*2-7,12,17H,8-11,13H2,1H3,(H,24,25)(H2,26,27,30,31)/t2*22-/m10/s1. The molecule has 6 N–H and O–H groups in total. The summed E-state index contributed by atoms with van der Waals surface area (Å²) in [6.07, 6.45) is 6.84. The minimum absolute atomic E-state index is 0.118. The fourth-order valence-corrected chi connectivity index (χ4v) is 7.87. The fourth-order valence-electron chi connectivity index (χ4n) is 7.87. The van der Waals surface area contributed by atoms with Crippen molar-refractivity contribution in [2.24, 2.45) is 0 Å². The Morgan fingerprint density at radius 3 is 1.23 bits per heavy atom. The van der Waals surface area contributed by atoms with Crippen LogP contribution < -0.4 is 31.9 Å². The van der Waals surface area contributed by atoms with Crippen molar-refractivity contribution in [3.8, 4) is 0 Å². The first-order chi connectivity index (χ1) is 29.8. The smallest absolute Gasteiger partial charge is 0.322 e. The lowest BCUT2D eigenvalue weighted by Gasteiger charge is -2.33. The molecule has 4 saturated heterocycles. The summed E-state index contributed by atoms with van der Waals surface area (Å²) < 4.78 is 27.3. The number of carbonyl (C=O) groups is 6. The van der Waals surface area contributed by atoms with Crippen LogP contribution in [0.3, 0.4) is 0 Å². The SMILES string of the molecule is Cc1ccc(NC2CCN(C(=O)c3ccc([C@@]4(CF)NC(=O)NC4=O)cc3)CC2)nc1.Cc1ccc(NC2CCN(C(=O)c3ccc([C@]4(CF)NC(=O)NC4=O)cc3)CC2)nc1. The molecule has 18 heteroatoms. The van der Waals surface area contributed by atoms with Gasteiger partial charge in [0.25, 0.3) is 23.6 Å². The van der Waals surface area contributed by atoms with E-state index < -0.39 is 48.3 Å². The Balaban J connectivity index is 0.000000186. The molecule has 0 bridgehead atoms. The molecular weight excluding hydrogens is 803 g/mol. The number of carbonyl (C=O) groups excluding carboxylic acids is 6. The number of hydrogen-bond donors (Lipinski definition) is 6. The third kappa shape index (κ3) is 9.18. The Morgan fingerprint density at radius 2 is 0.952 bits per heavy atom. The zero-order valence-electron chi connectivity index (χ0n) is 34.3. The molecule has 4 fully saturated rings. The van der Waals surface area contributed by atoms with Gasteiger partial charge in [0.1, 0.15) is 25.0 Å². The Morgan fingerprint density at radius 1 is 0.597 bits per heavy atom. The molecule has 0 unspecified atom stereocenters. The summed E-state index contributed by atoms with van der Waals surface area (Å²) >= 11 is 0. The van der Waals surface area contributed by atoms with Crippen molar-refractivity contribution >= 4 is 47.3 Å². The van der Waals surface area contributed by atoms with E-state index >= 15 is 0 Å². The lowest BCUT2D eigenvalue weighted by atomic mass is 9.90. The van der Waals surface area contributed by atoms with Crippen LogP contribution in [0.1, 0.15) is 68.7 Å². The number of amides is 8. The summed E-state index contributed by atoms with van der Waals surface area (Å²) in [5.74, 6) is -0.0552. The number of nitrogens with zero attached hydrogens (tertiary/aromatic N) is 4. The molecule has 8 rings (SSSR count). The van der Waals surface area contributed by atoms with E-state index in [0.717, 1.165) is 48.4 Å². The highest BCUT2D eigenvalue weighted by Crippen LogP contribution is 2.28. The molecule has 4 aliphatic rings. The Bertz CT molecular complexity index is 2140. The third-order valence-corrected chi connectivity index (χ3v) is 11.6. The number of aromatic nitrogens is 2. The minimum Gasteiger partial charge on any atom is -0.367 e. The van der Waals surface area contributed by atoms with Gasteiger partial charge in [0.15, 0.2) is 11.1 Å². The number of likely N-dealkylation sites (tertiary alicyclic amines) is 2. The highest BCUT2D eigenvalue weighted by atomic mass is 19.1. The summed E-state index contributed by atoms with van der Waals surface area (Å²) in [7, 11) is 0. The number of hydrogen-bond acceptors (Lipinski definition) is 10. The van der Waals surface area contributed by atoms with Crippen LogP contribution in [0.5, 0.6) is 0 Å². The normalized spacial score (nSPS) is 21.5. The molecule has 0 saturated carbocycles. The fraction of sp³-hybridized carbons (Fsp3) is 0.364. The minimum atomic E-state index is -1.74. The van der Waals surface area contributed by atoms with E-state index in [1.165, 1.54) is 24.3 Å². The molecule has 62 heavy (non-hydrogen) atoms. The highest BCUT2D eigenvalue weighted by Gasteiger charge is 2.49. The summed E-state index contributed by atoms with van der Waals surface area (Å²) in [5, 5.41) is 15.6. The molecule has 4 aliphatic heterocycles. The molecule has 6 heterocycles. The predicted octanol–water partition coefficient (Wildman–Crippen LogP) is 4.22. The topological polar surface area (TPSA) is 207 Å². The molecule has 324 valence electrons. The second kappa shape index (κ2) is 18.3. The van der Waals surface area contributed by atoms with Gasteiger partial charge < -0.3 is 31.1 Å². The second-order valence-electron chi connectivity index (χ2n) is 15.9. The first-order valence-electron chi connectivity index (χ1n) is 20.4. The first kappa shape index (κ1) is 43.1. The Labute approximate surface area is 356 Å². The lowest BCUT2D eigenvalue weighted by molar-refractivity contribution is -0.125. The van der Waals surface area contributed by atoms with Crippen molar-refractivity contribution in [3.05, 3.63) is 119 Å². The van der Waals surface area contributed by atoms with Crippen molar-refractivity contribution in [1.82, 2.24) is 41.0 Å². The zero-order chi connectivity index (χ0) is 44.0. The van der Waals surface area contributed by atoms with Crippen molar-refractivity contribution in [1.29, 1.82) is 0 Å². The second-order valence-corrected chi connectivity index (χ2v) is 15.9. The van der Waals surface area contributed by atoms with Gasteiger partial charge in [-0.15, -0.1) is 0 Å². The van der Waals surface area contributed by atoms with Crippen LogP contribution in [-0.2, 0) is 20.7 Å². The van der Waals surface area contributed by atoms with Crippen LogP contribution >= 0.6 is 0 Å². The quantitative estimate of drug-likeness (QED) is 0.125. The maximum atomic E-state index is 13.7. The predicted molar refractivity (Wildman–Crippen MR) is 225 cm³/mol. The van der Waals surface area contributed by atoms with Gasteiger partial charge in [-0.05, 0) is 98.2 Å². The Kier molecular flexibility index (Phi) is 12.7. The number of piperidine rings is 2. The number of pyridine rings is 2. The zero-order valence-corrected chi connectivity index (χ0v) is 34.3. The van der Waals surface area contributed by atoms with Gasteiger partial charge in [-0.2, -0.15) is 0 Å². The van der Waals surface area contributed by atoms with E-state index in [0.29, 0.717) is 48.4 Å². The maximum absolute atomic E-state index is 13.7. The van der Waals surface area contributed by atoms with Crippen molar-refractivity contribution in [2.45, 2.75) is 62.7 Å². The molecular formula is C44H48F2N10O6. The summed E-state index contributed by atoms with van der Waals surface area (Å²) in [6, 6.07) is 19.2. The monoisotopic (exact) mass is 850 g/mol. The van der Waals surface area contributed by atoms with Gasteiger partial charge in [0.2, 0.25) is 0 Å². The largest absolute Gasteiger partial charge is 0.367 e. The van der Waals surface area contributed by atoms with Crippen LogP contribution in [0.15, 0.2) is 85.2 Å². The third-order valence-electron chi connectivity index (χ3n) is 11.6. The Hall–Kier alpha value is -6.98. The molecule has 0 radical (unpaired) electrons. The first-order valence-corrected chi connectivity index (χ1v) is 20.4. The van der Waals surface area contributed by atoms with Gasteiger partial charge in [0, 0.05) is 61.8 Å². The number of nitrogens with one attached hydrogen (secondary N) is 6. The van der Waals surface area contributed by atoms with Crippen molar-refractivity contribution in [3.63, 3.8) is 0 Å². The molecule has 2 aromatic heterocycles. The number of benzene rings is 2. The van der Waals surface area contributed by atoms with E-state index in [1.807, 2.05) is 50.5 Å². The van der Waals surface area contributed by atoms with E-state index in [9.17, 15) is 37.5 Å². The number of rotatable bonds is 10. The molecule has 8 amide bonds. The average molecular weight is 851 g/mol. The van der Waals surface area contributed by atoms with Crippen LogP contribution in [0.25, 0.3) is 0 Å². The van der Waals surface area contributed by atoms with Gasteiger partial charge in [-0.1, -0.05) is 36.4 Å². The number of imide groups is 2. The van der Waals surface area contributed by atoms with Crippen molar-refractivity contribution < 1.29 is 37.5 Å². The molecule has 2 aromatic carbocycles. The summed E-state index contributed by atoms with van der Waals surface area (Å²) in [6.45, 7) is 4.26. The van der Waals surface area contributed by atoms with Gasteiger partial charge in [-0.25, -0.2) is 28.3 Å². The van der Waals surface area contributed by atoms with Crippen LogP contribution in [0.2, 0.25) is 0 Å². The maximum Gasteiger partial charge on any atom is 0.322 e. The van der Waals surface area contributed by atoms with E-state index in [1.54, 1.807) is 34.1 Å². The molecule has 4 aromatic rings. The highest BCUT2D eigenvalue weighted by molar-refractivity contribution is 6.08. The molecule has 2 atom stereocenters. The molecule has 16 nitrogen and oxygen atoms in total. The number of aryl methyl sites for hydroxylation is 2. The van der Waals surface area contributed by atoms with Crippen LogP contribution in [-0.4, -0.2) is 107 Å². The van der Waals surface area contributed by atoms with Gasteiger partial charge >= 0.3 is 12.1 Å². The number of anilines is 2. The van der Waals surface area contributed by atoms with E-state index in [-0.39, 0.29) is 23.9 Å². The van der Waals surface area contributed by atoms with Gasteiger partial charge in [-0.3, -0.25) is 29.8 Å². The number of alkyl halides is 2. The number of urea groups is 2. The molecule has 0 spiro atoms. The molecule has 0 aliphatic carbocycles. The van der Waals surface area contributed by atoms with E-state index in [2.05, 4.69) is 41.9 Å². The number of halogens is 2. The lowest BCUT2D eigenvalue weighted by Crippen LogP contribution is -2.46. The average Bonchev–Trinajstić information content (AvgIpc) is 3.77. The van der Waals surface area contributed by atoms with E-state index in [4.69, 9.17) is 0 Å².